The topological polar surface area (TPSA) is 49.3 Å². The summed E-state index contributed by atoms with van der Waals surface area (Å²) < 4.78 is 0.941. The molecule has 0 saturated heterocycles. The van der Waals surface area contributed by atoms with Gasteiger partial charge in [-0.2, -0.15) is 0 Å². The summed E-state index contributed by atoms with van der Waals surface area (Å²) in [5, 5.41) is 12.6. The molecular formula is C13H16BrNO2. The molecular weight excluding hydrogens is 282 g/mol. The lowest BCUT2D eigenvalue weighted by Gasteiger charge is -2.33. The number of hydrogen-bond acceptors (Lipinski definition) is 2. The molecule has 4 heteroatoms. The van der Waals surface area contributed by atoms with Gasteiger partial charge in [0.05, 0.1) is 0 Å². The van der Waals surface area contributed by atoms with Gasteiger partial charge >= 0.3 is 5.97 Å². The van der Waals surface area contributed by atoms with E-state index in [0.717, 1.165) is 23.0 Å². The van der Waals surface area contributed by atoms with Crippen LogP contribution in [-0.4, -0.2) is 16.6 Å². The molecule has 2 N–H and O–H groups in total. The number of hydrogen-bond donors (Lipinski definition) is 2. The summed E-state index contributed by atoms with van der Waals surface area (Å²) in [6, 6.07) is 7.59. The Bertz CT molecular complexity index is 456. The van der Waals surface area contributed by atoms with E-state index in [-0.39, 0.29) is 5.41 Å². The Morgan fingerprint density at radius 3 is 2.65 bits per heavy atom. The van der Waals surface area contributed by atoms with Crippen molar-refractivity contribution >= 4 is 27.6 Å². The third-order valence-corrected chi connectivity index (χ3v) is 4.35. The van der Waals surface area contributed by atoms with Gasteiger partial charge in [-0.3, -0.25) is 0 Å². The fourth-order valence-corrected chi connectivity index (χ4v) is 2.40. The molecule has 0 aromatic heterocycles. The van der Waals surface area contributed by atoms with Crippen LogP contribution in [0.4, 0.5) is 5.69 Å². The first-order valence-corrected chi connectivity index (χ1v) is 6.44. The third-order valence-electron chi connectivity index (χ3n) is 3.85. The van der Waals surface area contributed by atoms with Crippen LogP contribution < -0.4 is 5.32 Å². The van der Waals surface area contributed by atoms with E-state index < -0.39 is 11.5 Å². The Balaban J connectivity index is 2.28. The molecule has 2 rings (SSSR count). The second-order valence-corrected chi connectivity index (χ2v) is 6.04. The predicted molar refractivity (Wildman–Crippen MR) is 71.1 cm³/mol. The van der Waals surface area contributed by atoms with E-state index in [1.54, 1.807) is 6.92 Å². The normalized spacial score (nSPS) is 20.4. The molecule has 17 heavy (non-hydrogen) atoms. The summed E-state index contributed by atoms with van der Waals surface area (Å²) >= 11 is 3.39. The van der Waals surface area contributed by atoms with Crippen LogP contribution in [0.2, 0.25) is 0 Å². The average Bonchev–Trinajstić information content (AvgIpc) is 2.97. The highest BCUT2D eigenvalue weighted by Crippen LogP contribution is 2.54. The Hall–Kier alpha value is -1.03. The molecule has 1 saturated carbocycles. The number of rotatable bonds is 4. The number of carbonyl (C=O) groups is 1. The van der Waals surface area contributed by atoms with Crippen molar-refractivity contribution in [2.24, 2.45) is 5.41 Å². The van der Waals surface area contributed by atoms with Gasteiger partial charge in [-0.25, -0.2) is 4.79 Å². The first kappa shape index (κ1) is 12.4. The smallest absolute Gasteiger partial charge is 0.329 e. The van der Waals surface area contributed by atoms with Crippen molar-refractivity contribution in [3.05, 3.63) is 28.7 Å². The van der Waals surface area contributed by atoms with E-state index in [1.807, 2.05) is 31.2 Å². The molecule has 0 aliphatic heterocycles. The van der Waals surface area contributed by atoms with E-state index in [9.17, 15) is 9.90 Å². The molecule has 0 radical (unpaired) electrons. The molecule has 1 aliphatic carbocycles. The van der Waals surface area contributed by atoms with Crippen LogP contribution in [-0.2, 0) is 4.79 Å². The molecule has 0 amide bonds. The van der Waals surface area contributed by atoms with E-state index in [4.69, 9.17) is 0 Å². The van der Waals surface area contributed by atoms with Gasteiger partial charge in [-0.15, -0.1) is 0 Å². The van der Waals surface area contributed by atoms with Gasteiger partial charge in [-0.1, -0.05) is 28.9 Å². The Labute approximate surface area is 109 Å². The standard InChI is InChI=1S/C13H16BrNO2/c1-12(6-7-12)13(2,11(16)17)15-10-5-3-4-9(14)8-10/h3-5,8,15H,6-7H2,1-2H3,(H,16,17). The van der Waals surface area contributed by atoms with Crippen LogP contribution in [0.1, 0.15) is 26.7 Å². The summed E-state index contributed by atoms with van der Waals surface area (Å²) in [5.41, 5.74) is -0.230. The van der Waals surface area contributed by atoms with Crippen molar-refractivity contribution in [2.75, 3.05) is 5.32 Å². The quantitative estimate of drug-likeness (QED) is 0.894. The average molecular weight is 298 g/mol. The number of halogens is 1. The van der Waals surface area contributed by atoms with Gasteiger partial charge in [0.1, 0.15) is 5.54 Å². The van der Waals surface area contributed by atoms with Crippen molar-refractivity contribution in [2.45, 2.75) is 32.2 Å². The number of nitrogens with one attached hydrogen (secondary N) is 1. The Morgan fingerprint density at radius 1 is 1.53 bits per heavy atom. The van der Waals surface area contributed by atoms with Crippen LogP contribution >= 0.6 is 15.9 Å². The summed E-state index contributed by atoms with van der Waals surface area (Å²) in [6.07, 6.45) is 1.91. The summed E-state index contributed by atoms with van der Waals surface area (Å²) in [4.78, 5) is 11.5. The fraction of sp³-hybridized carbons (Fsp3) is 0.462. The minimum Gasteiger partial charge on any atom is -0.479 e. The Morgan fingerprint density at radius 2 is 2.18 bits per heavy atom. The van der Waals surface area contributed by atoms with Gasteiger partial charge in [0.25, 0.3) is 0 Å². The fourth-order valence-electron chi connectivity index (χ4n) is 2.00. The maximum Gasteiger partial charge on any atom is 0.329 e. The van der Waals surface area contributed by atoms with E-state index in [0.29, 0.717) is 0 Å². The summed E-state index contributed by atoms with van der Waals surface area (Å²) in [7, 11) is 0. The Kier molecular flexibility index (Phi) is 2.94. The maximum absolute atomic E-state index is 11.5. The molecule has 1 unspecified atom stereocenters. The number of carboxylic acids is 1. The molecule has 3 nitrogen and oxygen atoms in total. The van der Waals surface area contributed by atoms with Crippen LogP contribution in [0.15, 0.2) is 28.7 Å². The lowest BCUT2D eigenvalue weighted by molar-refractivity contribution is -0.144. The third kappa shape index (κ3) is 2.18. The zero-order valence-electron chi connectivity index (χ0n) is 9.96. The van der Waals surface area contributed by atoms with Crippen molar-refractivity contribution < 1.29 is 9.90 Å². The van der Waals surface area contributed by atoms with Crippen molar-refractivity contribution in [1.82, 2.24) is 0 Å². The van der Waals surface area contributed by atoms with Crippen LogP contribution in [0.5, 0.6) is 0 Å². The zero-order valence-corrected chi connectivity index (χ0v) is 11.5. The van der Waals surface area contributed by atoms with Crippen molar-refractivity contribution in [3.63, 3.8) is 0 Å². The first-order valence-electron chi connectivity index (χ1n) is 5.65. The lowest BCUT2D eigenvalue weighted by Crippen LogP contribution is -2.50. The number of anilines is 1. The van der Waals surface area contributed by atoms with E-state index in [2.05, 4.69) is 21.2 Å². The lowest BCUT2D eigenvalue weighted by atomic mass is 9.83. The molecule has 1 fully saturated rings. The minimum absolute atomic E-state index is 0.152. The van der Waals surface area contributed by atoms with E-state index >= 15 is 0 Å². The first-order chi connectivity index (χ1) is 7.87. The highest BCUT2D eigenvalue weighted by molar-refractivity contribution is 9.10. The molecule has 1 aromatic rings. The van der Waals surface area contributed by atoms with E-state index in [1.165, 1.54) is 0 Å². The van der Waals surface area contributed by atoms with Gasteiger partial charge in [0, 0.05) is 15.6 Å². The predicted octanol–water partition coefficient (Wildman–Crippen LogP) is 3.50. The maximum atomic E-state index is 11.5. The molecule has 92 valence electrons. The molecule has 0 spiro atoms. The number of carboxylic acid groups (broad SMARTS) is 1. The van der Waals surface area contributed by atoms with Crippen molar-refractivity contribution in [3.8, 4) is 0 Å². The van der Waals surface area contributed by atoms with Gasteiger partial charge < -0.3 is 10.4 Å². The molecule has 0 heterocycles. The van der Waals surface area contributed by atoms with Crippen LogP contribution in [0.3, 0.4) is 0 Å². The monoisotopic (exact) mass is 297 g/mol. The summed E-state index contributed by atoms with van der Waals surface area (Å²) in [5.74, 6) is -0.794. The minimum atomic E-state index is -0.909. The second kappa shape index (κ2) is 4.02. The van der Waals surface area contributed by atoms with Crippen molar-refractivity contribution in [1.29, 1.82) is 0 Å². The second-order valence-electron chi connectivity index (χ2n) is 5.13. The van der Waals surface area contributed by atoms with Gasteiger partial charge in [-0.05, 0) is 38.0 Å². The molecule has 0 bridgehead atoms. The highest BCUT2D eigenvalue weighted by Gasteiger charge is 2.57. The molecule has 1 atom stereocenters. The van der Waals surface area contributed by atoms with Crippen LogP contribution in [0, 0.1) is 5.41 Å². The largest absolute Gasteiger partial charge is 0.479 e. The molecule has 1 aliphatic rings. The zero-order chi connectivity index (χ0) is 12.7. The summed E-state index contributed by atoms with van der Waals surface area (Å²) in [6.45, 7) is 3.79. The van der Waals surface area contributed by atoms with Gasteiger partial charge in [0.2, 0.25) is 0 Å². The SMILES string of the molecule is CC1(C(C)(Nc2cccc(Br)c2)C(=O)O)CC1. The number of benzene rings is 1. The van der Waals surface area contributed by atoms with Crippen LogP contribution in [0.25, 0.3) is 0 Å². The molecule has 1 aromatic carbocycles. The number of aliphatic carboxylic acids is 1. The van der Waals surface area contributed by atoms with Gasteiger partial charge in [0.15, 0.2) is 0 Å². The highest BCUT2D eigenvalue weighted by atomic mass is 79.9.